The zero-order chi connectivity index (χ0) is 19.9. The highest BCUT2D eigenvalue weighted by Crippen LogP contribution is 2.41. The molecule has 0 unspecified atom stereocenters. The zero-order valence-electron chi connectivity index (χ0n) is 15.5. The number of nitrogens with two attached hydrogens (primary N) is 1. The molecule has 2 aromatic rings. The van der Waals surface area contributed by atoms with Crippen molar-refractivity contribution >= 4 is 38.3 Å². The lowest BCUT2D eigenvalue weighted by molar-refractivity contribution is -0.134. The summed E-state index contributed by atoms with van der Waals surface area (Å²) >= 11 is 0. The number of nitrogens with zero attached hydrogens (tertiary/aromatic N) is 2. The molecular formula is C20H23N3O4S. The van der Waals surface area contributed by atoms with E-state index in [-0.39, 0.29) is 30.7 Å². The Morgan fingerprint density at radius 1 is 1.07 bits per heavy atom. The predicted molar refractivity (Wildman–Crippen MR) is 106 cm³/mol. The van der Waals surface area contributed by atoms with E-state index in [1.807, 2.05) is 24.3 Å². The summed E-state index contributed by atoms with van der Waals surface area (Å²) in [5.41, 5.74) is 6.01. The second-order valence-electron chi connectivity index (χ2n) is 7.37. The van der Waals surface area contributed by atoms with E-state index in [0.29, 0.717) is 42.9 Å². The van der Waals surface area contributed by atoms with Gasteiger partial charge in [-0.25, -0.2) is 8.42 Å². The molecule has 28 heavy (non-hydrogen) atoms. The standard InChI is InChI=1S/C20H23N3O4S/c21-20(25)15-9-12-22(13-10-15)18(24)8-3-11-23-16-6-1-4-14-5-2-7-17(19(14)16)28(23,26)27/h1-2,4-7,15H,3,8-13H2,(H2,21,25). The molecule has 2 heterocycles. The van der Waals surface area contributed by atoms with E-state index in [2.05, 4.69) is 0 Å². The van der Waals surface area contributed by atoms with E-state index in [1.165, 1.54) is 4.31 Å². The summed E-state index contributed by atoms with van der Waals surface area (Å²) in [5, 5.41) is 1.65. The van der Waals surface area contributed by atoms with Crippen molar-refractivity contribution in [2.45, 2.75) is 30.6 Å². The topological polar surface area (TPSA) is 101 Å². The van der Waals surface area contributed by atoms with E-state index >= 15 is 0 Å². The fourth-order valence-corrected chi connectivity index (χ4v) is 5.89. The van der Waals surface area contributed by atoms with Gasteiger partial charge in [-0.2, -0.15) is 0 Å². The molecule has 2 N–H and O–H groups in total. The highest BCUT2D eigenvalue weighted by atomic mass is 32.2. The molecule has 148 valence electrons. The normalized spacial score (nSPS) is 18.6. The Labute approximate surface area is 164 Å². The molecule has 1 saturated heterocycles. The van der Waals surface area contributed by atoms with Crippen molar-refractivity contribution in [3.63, 3.8) is 0 Å². The van der Waals surface area contributed by atoms with E-state index in [4.69, 9.17) is 5.73 Å². The van der Waals surface area contributed by atoms with Crippen LogP contribution in [-0.2, 0) is 19.6 Å². The second-order valence-corrected chi connectivity index (χ2v) is 9.20. The highest BCUT2D eigenvalue weighted by molar-refractivity contribution is 7.93. The maximum Gasteiger partial charge on any atom is 0.265 e. The summed E-state index contributed by atoms with van der Waals surface area (Å²) in [5.74, 6) is -0.465. The lowest BCUT2D eigenvalue weighted by atomic mass is 9.96. The van der Waals surface area contributed by atoms with Gasteiger partial charge in [0.15, 0.2) is 0 Å². The van der Waals surface area contributed by atoms with E-state index in [0.717, 1.165) is 10.8 Å². The smallest absolute Gasteiger partial charge is 0.265 e. The quantitative estimate of drug-likeness (QED) is 0.826. The molecule has 7 nitrogen and oxygen atoms in total. The summed E-state index contributed by atoms with van der Waals surface area (Å²) in [6.07, 6.45) is 1.91. The number of primary amides is 1. The predicted octanol–water partition coefficient (Wildman–Crippen LogP) is 1.85. The molecule has 0 aromatic heterocycles. The van der Waals surface area contributed by atoms with Gasteiger partial charge in [0.2, 0.25) is 11.8 Å². The molecule has 8 heteroatoms. The second kappa shape index (κ2) is 7.09. The molecule has 0 saturated carbocycles. The van der Waals surface area contributed by atoms with Crippen LogP contribution in [0.2, 0.25) is 0 Å². The van der Waals surface area contributed by atoms with E-state index < -0.39 is 10.0 Å². The van der Waals surface area contributed by atoms with Crippen LogP contribution >= 0.6 is 0 Å². The molecule has 4 rings (SSSR count). The van der Waals surface area contributed by atoms with Crippen molar-refractivity contribution in [1.29, 1.82) is 0 Å². The first kappa shape index (κ1) is 18.7. The van der Waals surface area contributed by atoms with Crippen molar-refractivity contribution in [3.05, 3.63) is 36.4 Å². The number of carbonyl (C=O) groups excluding carboxylic acids is 2. The van der Waals surface area contributed by atoms with Crippen LogP contribution in [0.3, 0.4) is 0 Å². The first-order chi connectivity index (χ1) is 13.4. The minimum absolute atomic E-state index is 0.00441. The first-order valence-electron chi connectivity index (χ1n) is 9.51. The number of piperidine rings is 1. The lowest BCUT2D eigenvalue weighted by Crippen LogP contribution is -2.41. The van der Waals surface area contributed by atoms with Gasteiger partial charge < -0.3 is 10.6 Å². The van der Waals surface area contributed by atoms with Gasteiger partial charge in [0.25, 0.3) is 10.0 Å². The summed E-state index contributed by atoms with van der Waals surface area (Å²) in [7, 11) is -3.58. The van der Waals surface area contributed by atoms with Crippen molar-refractivity contribution in [2.75, 3.05) is 23.9 Å². The van der Waals surface area contributed by atoms with Gasteiger partial charge in [0.1, 0.15) is 0 Å². The van der Waals surface area contributed by atoms with Crippen LogP contribution in [0.5, 0.6) is 0 Å². The molecule has 2 aliphatic heterocycles. The molecule has 0 spiro atoms. The monoisotopic (exact) mass is 401 g/mol. The third-order valence-electron chi connectivity index (χ3n) is 5.68. The Bertz CT molecular complexity index is 1040. The third kappa shape index (κ3) is 3.11. The molecule has 0 aliphatic carbocycles. The Hall–Kier alpha value is -2.61. The van der Waals surface area contributed by atoms with Crippen LogP contribution in [0.4, 0.5) is 5.69 Å². The number of benzene rings is 2. The summed E-state index contributed by atoms with van der Waals surface area (Å²) in [4.78, 5) is 25.8. The number of hydrogen-bond acceptors (Lipinski definition) is 4. The third-order valence-corrected chi connectivity index (χ3v) is 7.54. The van der Waals surface area contributed by atoms with Crippen molar-refractivity contribution in [1.82, 2.24) is 4.90 Å². The SMILES string of the molecule is NC(=O)C1CCN(C(=O)CCCN2c3cccc4cccc(c34)S2(=O)=O)CC1. The highest BCUT2D eigenvalue weighted by Gasteiger charge is 2.35. The first-order valence-corrected chi connectivity index (χ1v) is 10.9. The average molecular weight is 401 g/mol. The van der Waals surface area contributed by atoms with Gasteiger partial charge in [0.05, 0.1) is 10.6 Å². The number of hydrogen-bond donors (Lipinski definition) is 1. The van der Waals surface area contributed by atoms with Crippen LogP contribution in [0.25, 0.3) is 10.8 Å². The number of likely N-dealkylation sites (tertiary alicyclic amines) is 1. The van der Waals surface area contributed by atoms with Crippen LogP contribution in [0.15, 0.2) is 41.3 Å². The Kier molecular flexibility index (Phi) is 4.74. The van der Waals surface area contributed by atoms with Crippen LogP contribution < -0.4 is 10.0 Å². The lowest BCUT2D eigenvalue weighted by Gasteiger charge is -2.30. The average Bonchev–Trinajstić information content (AvgIpc) is 2.91. The number of anilines is 1. The maximum absolute atomic E-state index is 12.9. The Balaban J connectivity index is 1.40. The molecule has 2 aliphatic rings. The van der Waals surface area contributed by atoms with Crippen molar-refractivity contribution in [2.24, 2.45) is 11.7 Å². The van der Waals surface area contributed by atoms with Gasteiger partial charge in [-0.15, -0.1) is 0 Å². The molecule has 2 aromatic carbocycles. The van der Waals surface area contributed by atoms with Crippen LogP contribution in [0.1, 0.15) is 25.7 Å². The van der Waals surface area contributed by atoms with Crippen molar-refractivity contribution in [3.8, 4) is 0 Å². The van der Waals surface area contributed by atoms with Gasteiger partial charge in [-0.1, -0.05) is 24.3 Å². The van der Waals surface area contributed by atoms with Crippen molar-refractivity contribution < 1.29 is 18.0 Å². The minimum Gasteiger partial charge on any atom is -0.369 e. The number of sulfonamides is 1. The molecule has 0 atom stereocenters. The number of carbonyl (C=O) groups is 2. The largest absolute Gasteiger partial charge is 0.369 e. The summed E-state index contributed by atoms with van der Waals surface area (Å²) in [6, 6.07) is 10.9. The summed E-state index contributed by atoms with van der Waals surface area (Å²) in [6.45, 7) is 1.32. The fourth-order valence-electron chi connectivity index (χ4n) is 4.14. The Morgan fingerprint density at radius 3 is 2.43 bits per heavy atom. The molecular weight excluding hydrogens is 378 g/mol. The molecule has 0 radical (unpaired) electrons. The van der Waals surface area contributed by atoms with Gasteiger partial charge in [-0.05, 0) is 36.8 Å². The van der Waals surface area contributed by atoms with Gasteiger partial charge >= 0.3 is 0 Å². The minimum atomic E-state index is -3.58. The van der Waals surface area contributed by atoms with E-state index in [9.17, 15) is 18.0 Å². The fraction of sp³-hybridized carbons (Fsp3) is 0.400. The van der Waals surface area contributed by atoms with Crippen LogP contribution in [0, 0.1) is 5.92 Å². The van der Waals surface area contributed by atoms with Gasteiger partial charge in [0, 0.05) is 37.4 Å². The maximum atomic E-state index is 12.9. The molecule has 0 bridgehead atoms. The number of amides is 2. The summed E-state index contributed by atoms with van der Waals surface area (Å²) < 4.78 is 27.3. The number of rotatable bonds is 5. The molecule has 2 amide bonds. The molecule has 1 fully saturated rings. The Morgan fingerprint density at radius 2 is 1.75 bits per heavy atom. The van der Waals surface area contributed by atoms with Gasteiger partial charge in [-0.3, -0.25) is 13.9 Å². The zero-order valence-corrected chi connectivity index (χ0v) is 16.3. The van der Waals surface area contributed by atoms with Crippen LogP contribution in [-0.4, -0.2) is 44.8 Å². The van der Waals surface area contributed by atoms with E-state index in [1.54, 1.807) is 17.0 Å².